The zero-order chi connectivity index (χ0) is 15.4. The number of aromatic nitrogens is 1. The van der Waals surface area contributed by atoms with Crippen LogP contribution in [-0.4, -0.2) is 40.8 Å². The fourth-order valence-corrected chi connectivity index (χ4v) is 3.09. The molecule has 116 valence electrons. The molecule has 1 aromatic heterocycles. The highest BCUT2D eigenvalue weighted by molar-refractivity contribution is 5.27. The molecule has 1 saturated heterocycles. The van der Waals surface area contributed by atoms with Crippen LogP contribution in [0.2, 0.25) is 0 Å². The Kier molecular flexibility index (Phi) is 4.71. The van der Waals surface area contributed by atoms with Crippen molar-refractivity contribution >= 4 is 0 Å². The molecule has 0 aliphatic carbocycles. The van der Waals surface area contributed by atoms with Crippen molar-refractivity contribution in [1.29, 1.82) is 0 Å². The molecule has 2 heterocycles. The quantitative estimate of drug-likeness (QED) is 0.920. The Morgan fingerprint density at radius 3 is 2.73 bits per heavy atom. The molecule has 1 fully saturated rings. The number of nitrogens with zero attached hydrogens (tertiary/aromatic N) is 2. The van der Waals surface area contributed by atoms with Crippen molar-refractivity contribution < 1.29 is 9.84 Å². The molecule has 22 heavy (non-hydrogen) atoms. The molecule has 0 amide bonds. The Bertz CT molecular complexity index is 586. The van der Waals surface area contributed by atoms with E-state index in [4.69, 9.17) is 4.74 Å². The van der Waals surface area contributed by atoms with Crippen LogP contribution in [-0.2, 0) is 13.0 Å². The van der Waals surface area contributed by atoms with Gasteiger partial charge in [0.05, 0.1) is 13.2 Å². The van der Waals surface area contributed by atoms with Crippen LogP contribution in [0.1, 0.15) is 17.5 Å². The second-order valence-electron chi connectivity index (χ2n) is 5.81. The zero-order valence-electron chi connectivity index (χ0n) is 12.9. The van der Waals surface area contributed by atoms with Gasteiger partial charge in [0.1, 0.15) is 5.75 Å². The molecule has 0 radical (unpaired) electrons. The number of aliphatic hydroxyl groups excluding tert-OH is 1. The molecule has 1 aliphatic heterocycles. The van der Waals surface area contributed by atoms with E-state index in [0.717, 1.165) is 31.7 Å². The molecule has 3 rings (SSSR count). The van der Waals surface area contributed by atoms with E-state index >= 15 is 0 Å². The zero-order valence-corrected chi connectivity index (χ0v) is 12.9. The van der Waals surface area contributed by atoms with E-state index in [1.54, 1.807) is 13.3 Å². The van der Waals surface area contributed by atoms with Crippen molar-refractivity contribution in [3.8, 4) is 5.75 Å². The number of hydrogen-bond acceptors (Lipinski definition) is 4. The third kappa shape index (κ3) is 3.46. The second-order valence-corrected chi connectivity index (χ2v) is 5.81. The Morgan fingerprint density at radius 2 is 2.05 bits per heavy atom. The molecule has 2 aromatic rings. The SMILES string of the molecule is COc1ccc(CN2CC[C@@H](O)[C@@H]2Cc2cccnc2)cc1. The summed E-state index contributed by atoms with van der Waals surface area (Å²) in [7, 11) is 1.68. The lowest BCUT2D eigenvalue weighted by atomic mass is 10.0. The van der Waals surface area contributed by atoms with Gasteiger partial charge in [-0.05, 0) is 42.2 Å². The van der Waals surface area contributed by atoms with Gasteiger partial charge in [0.2, 0.25) is 0 Å². The third-order valence-electron chi connectivity index (χ3n) is 4.34. The highest BCUT2D eigenvalue weighted by Crippen LogP contribution is 2.24. The summed E-state index contributed by atoms with van der Waals surface area (Å²) in [5, 5.41) is 10.3. The van der Waals surface area contributed by atoms with Crippen LogP contribution < -0.4 is 4.74 Å². The van der Waals surface area contributed by atoms with Gasteiger partial charge in [-0.15, -0.1) is 0 Å². The lowest BCUT2D eigenvalue weighted by molar-refractivity contribution is 0.112. The van der Waals surface area contributed by atoms with Crippen molar-refractivity contribution in [2.75, 3.05) is 13.7 Å². The van der Waals surface area contributed by atoms with Crippen LogP contribution in [0.4, 0.5) is 0 Å². The van der Waals surface area contributed by atoms with E-state index in [1.165, 1.54) is 11.1 Å². The highest BCUT2D eigenvalue weighted by atomic mass is 16.5. The van der Waals surface area contributed by atoms with Gasteiger partial charge in [-0.2, -0.15) is 0 Å². The van der Waals surface area contributed by atoms with E-state index in [2.05, 4.69) is 28.1 Å². The summed E-state index contributed by atoms with van der Waals surface area (Å²) >= 11 is 0. The molecular weight excluding hydrogens is 276 g/mol. The van der Waals surface area contributed by atoms with Gasteiger partial charge >= 0.3 is 0 Å². The molecule has 0 unspecified atom stereocenters. The van der Waals surface area contributed by atoms with Crippen molar-refractivity contribution in [1.82, 2.24) is 9.88 Å². The summed E-state index contributed by atoms with van der Waals surface area (Å²) < 4.78 is 5.20. The number of methoxy groups -OCH3 is 1. The molecule has 4 heteroatoms. The fourth-order valence-electron chi connectivity index (χ4n) is 3.09. The minimum atomic E-state index is -0.265. The van der Waals surface area contributed by atoms with E-state index in [9.17, 15) is 5.11 Å². The van der Waals surface area contributed by atoms with Crippen LogP contribution in [0.3, 0.4) is 0 Å². The van der Waals surface area contributed by atoms with Gasteiger partial charge in [-0.1, -0.05) is 18.2 Å². The number of likely N-dealkylation sites (tertiary alicyclic amines) is 1. The molecular formula is C18H22N2O2. The molecule has 4 nitrogen and oxygen atoms in total. The first-order chi connectivity index (χ1) is 10.8. The summed E-state index contributed by atoms with van der Waals surface area (Å²) in [6.07, 6.45) is 5.07. The average Bonchev–Trinajstić information content (AvgIpc) is 2.90. The molecule has 0 spiro atoms. The number of pyridine rings is 1. The summed E-state index contributed by atoms with van der Waals surface area (Å²) in [6, 6.07) is 12.3. The third-order valence-corrected chi connectivity index (χ3v) is 4.34. The van der Waals surface area contributed by atoms with Crippen molar-refractivity contribution in [3.63, 3.8) is 0 Å². The second kappa shape index (κ2) is 6.90. The molecule has 0 bridgehead atoms. The number of aliphatic hydroxyl groups is 1. The Labute approximate surface area is 131 Å². The largest absolute Gasteiger partial charge is 0.497 e. The van der Waals surface area contributed by atoms with E-state index in [-0.39, 0.29) is 12.1 Å². The van der Waals surface area contributed by atoms with Crippen molar-refractivity contribution in [2.24, 2.45) is 0 Å². The van der Waals surface area contributed by atoms with Crippen LogP contribution in [0.5, 0.6) is 5.75 Å². The summed E-state index contributed by atoms with van der Waals surface area (Å²) in [6.45, 7) is 1.78. The number of benzene rings is 1. The smallest absolute Gasteiger partial charge is 0.118 e. The molecule has 1 aromatic carbocycles. The first-order valence-electron chi connectivity index (χ1n) is 7.70. The predicted molar refractivity (Wildman–Crippen MR) is 85.8 cm³/mol. The number of hydrogen-bond donors (Lipinski definition) is 1. The van der Waals surface area contributed by atoms with E-state index in [0.29, 0.717) is 0 Å². The first kappa shape index (κ1) is 15.0. The average molecular weight is 298 g/mol. The maximum Gasteiger partial charge on any atom is 0.118 e. The summed E-state index contributed by atoms with van der Waals surface area (Å²) in [4.78, 5) is 6.53. The normalized spacial score (nSPS) is 21.9. The molecule has 2 atom stereocenters. The Hall–Kier alpha value is -1.91. The van der Waals surface area contributed by atoms with Gasteiger partial charge < -0.3 is 9.84 Å². The maximum atomic E-state index is 10.3. The van der Waals surface area contributed by atoms with Crippen LogP contribution >= 0.6 is 0 Å². The number of ether oxygens (including phenoxy) is 1. The first-order valence-corrected chi connectivity index (χ1v) is 7.70. The number of rotatable bonds is 5. The highest BCUT2D eigenvalue weighted by Gasteiger charge is 2.32. The van der Waals surface area contributed by atoms with Gasteiger partial charge in [-0.25, -0.2) is 0 Å². The Balaban J connectivity index is 1.68. The van der Waals surface area contributed by atoms with Gasteiger partial charge in [-0.3, -0.25) is 9.88 Å². The Morgan fingerprint density at radius 1 is 1.23 bits per heavy atom. The van der Waals surface area contributed by atoms with Crippen molar-refractivity contribution in [2.45, 2.75) is 31.5 Å². The van der Waals surface area contributed by atoms with E-state index in [1.807, 2.05) is 24.4 Å². The van der Waals surface area contributed by atoms with Gasteiger partial charge in [0.25, 0.3) is 0 Å². The maximum absolute atomic E-state index is 10.3. The van der Waals surface area contributed by atoms with Gasteiger partial charge in [0.15, 0.2) is 0 Å². The summed E-state index contributed by atoms with van der Waals surface area (Å²) in [5.41, 5.74) is 2.42. The molecule has 1 aliphatic rings. The fraction of sp³-hybridized carbons (Fsp3) is 0.389. The topological polar surface area (TPSA) is 45.6 Å². The minimum absolute atomic E-state index is 0.159. The molecule has 1 N–H and O–H groups in total. The van der Waals surface area contributed by atoms with E-state index < -0.39 is 0 Å². The monoisotopic (exact) mass is 298 g/mol. The predicted octanol–water partition coefficient (Wildman–Crippen LogP) is 2.27. The standard InChI is InChI=1S/C18H22N2O2/c1-22-16-6-4-14(5-7-16)13-20-10-8-18(21)17(20)11-15-3-2-9-19-12-15/h2-7,9,12,17-18,21H,8,10-11,13H2,1H3/t17-,18+/m0/s1. The van der Waals surface area contributed by atoms with Crippen LogP contribution in [0.25, 0.3) is 0 Å². The minimum Gasteiger partial charge on any atom is -0.497 e. The summed E-state index contributed by atoms with van der Waals surface area (Å²) in [5.74, 6) is 0.872. The van der Waals surface area contributed by atoms with Crippen LogP contribution in [0.15, 0.2) is 48.8 Å². The molecule has 0 saturated carbocycles. The lowest BCUT2D eigenvalue weighted by Crippen LogP contribution is -2.36. The van der Waals surface area contributed by atoms with Gasteiger partial charge in [0, 0.05) is 31.5 Å². The van der Waals surface area contributed by atoms with Crippen molar-refractivity contribution in [3.05, 3.63) is 59.9 Å². The lowest BCUT2D eigenvalue weighted by Gasteiger charge is -2.26. The van der Waals surface area contributed by atoms with Crippen LogP contribution in [0, 0.1) is 0 Å².